The fourth-order valence-electron chi connectivity index (χ4n) is 3.17. The van der Waals surface area contributed by atoms with Crippen molar-refractivity contribution in [3.8, 4) is 5.75 Å². The van der Waals surface area contributed by atoms with Gasteiger partial charge in [0.2, 0.25) is 5.91 Å². The van der Waals surface area contributed by atoms with E-state index in [4.69, 9.17) is 4.74 Å². The second-order valence-electron chi connectivity index (χ2n) is 7.39. The van der Waals surface area contributed by atoms with Crippen LogP contribution in [0.4, 0.5) is 14.5 Å². The average Bonchev–Trinajstić information content (AvgIpc) is 2.84. The molecule has 3 aromatic rings. The molecule has 3 rings (SSSR count). The Morgan fingerprint density at radius 3 is 2.34 bits per heavy atom. The lowest BCUT2D eigenvalue weighted by Gasteiger charge is -2.24. The van der Waals surface area contributed by atoms with Gasteiger partial charge >= 0.3 is 0 Å². The number of ether oxygens (including phenoxy) is 1. The van der Waals surface area contributed by atoms with Crippen molar-refractivity contribution in [1.82, 2.24) is 5.32 Å². The third-order valence-corrected chi connectivity index (χ3v) is 7.70. The first-order valence-electron chi connectivity index (χ1n) is 10.9. The fourth-order valence-corrected chi connectivity index (χ4v) is 5.44. The van der Waals surface area contributed by atoms with Crippen LogP contribution in [0.3, 0.4) is 0 Å². The maximum Gasteiger partial charge on any atom is 0.264 e. The number of nitrogens with one attached hydrogen (secondary N) is 1. The molecule has 3 aromatic carbocycles. The first-order chi connectivity index (χ1) is 16.8. The monoisotopic (exact) mass is 520 g/mol. The van der Waals surface area contributed by atoms with Crippen LogP contribution in [0.25, 0.3) is 0 Å². The maximum absolute atomic E-state index is 13.7. The summed E-state index contributed by atoms with van der Waals surface area (Å²) in [6.45, 7) is 2.10. The molecule has 35 heavy (non-hydrogen) atoms. The quantitative estimate of drug-likeness (QED) is 0.353. The molecule has 0 bridgehead atoms. The summed E-state index contributed by atoms with van der Waals surface area (Å²) >= 11 is 1.45. The summed E-state index contributed by atoms with van der Waals surface area (Å²) in [5.74, 6) is 0.194. The first-order valence-corrected chi connectivity index (χ1v) is 13.5. The van der Waals surface area contributed by atoms with Crippen molar-refractivity contribution in [2.75, 3.05) is 29.8 Å². The first kappa shape index (κ1) is 26.5. The predicted molar refractivity (Wildman–Crippen MR) is 134 cm³/mol. The van der Waals surface area contributed by atoms with E-state index in [-0.39, 0.29) is 22.9 Å². The van der Waals surface area contributed by atoms with Crippen molar-refractivity contribution in [1.29, 1.82) is 0 Å². The zero-order chi connectivity index (χ0) is 25.3. The van der Waals surface area contributed by atoms with Crippen LogP contribution in [0.15, 0.2) is 77.7 Å². The summed E-state index contributed by atoms with van der Waals surface area (Å²) in [4.78, 5) is 12.5. The molecule has 10 heteroatoms. The minimum absolute atomic E-state index is 0.138. The van der Waals surface area contributed by atoms with Gasteiger partial charge in [-0.1, -0.05) is 18.2 Å². The molecule has 186 valence electrons. The van der Waals surface area contributed by atoms with E-state index in [9.17, 15) is 22.0 Å². The molecule has 0 saturated heterocycles. The number of sulfonamides is 1. The molecule has 0 saturated carbocycles. The molecule has 1 N–H and O–H groups in total. The molecule has 0 fully saturated rings. The van der Waals surface area contributed by atoms with E-state index in [2.05, 4.69) is 5.32 Å². The van der Waals surface area contributed by atoms with Gasteiger partial charge in [-0.2, -0.15) is 11.8 Å². The Morgan fingerprint density at radius 2 is 1.69 bits per heavy atom. The van der Waals surface area contributed by atoms with Crippen LogP contribution < -0.4 is 14.4 Å². The third kappa shape index (κ3) is 7.43. The SMILES string of the molecule is CCOc1ccc(N(CC(=O)NCCSCc2ccccc2F)S(=O)(=O)c2ccc(F)cc2)cc1. The van der Waals surface area contributed by atoms with Crippen LogP contribution in [0.1, 0.15) is 12.5 Å². The van der Waals surface area contributed by atoms with Gasteiger partial charge in [-0.3, -0.25) is 9.10 Å². The Kier molecular flexibility index (Phi) is 9.50. The second-order valence-corrected chi connectivity index (χ2v) is 10.4. The number of rotatable bonds is 12. The molecule has 0 atom stereocenters. The van der Waals surface area contributed by atoms with Crippen LogP contribution in [-0.2, 0) is 20.6 Å². The largest absolute Gasteiger partial charge is 0.494 e. The molecule has 6 nitrogen and oxygen atoms in total. The number of anilines is 1. The molecule has 0 aromatic heterocycles. The Morgan fingerprint density at radius 1 is 1.00 bits per heavy atom. The lowest BCUT2D eigenvalue weighted by atomic mass is 10.2. The third-order valence-electron chi connectivity index (χ3n) is 4.91. The van der Waals surface area contributed by atoms with E-state index in [0.717, 1.165) is 28.6 Å². The van der Waals surface area contributed by atoms with Crippen molar-refractivity contribution in [2.45, 2.75) is 17.6 Å². The summed E-state index contributed by atoms with van der Waals surface area (Å²) in [5.41, 5.74) is 0.845. The topological polar surface area (TPSA) is 75.7 Å². The smallest absolute Gasteiger partial charge is 0.264 e. The van der Waals surface area contributed by atoms with Crippen LogP contribution >= 0.6 is 11.8 Å². The molecule has 0 heterocycles. The van der Waals surface area contributed by atoms with Gasteiger partial charge in [0.15, 0.2) is 0 Å². The minimum Gasteiger partial charge on any atom is -0.494 e. The molecular weight excluding hydrogens is 494 g/mol. The van der Waals surface area contributed by atoms with Crippen molar-refractivity contribution in [2.24, 2.45) is 0 Å². The standard InChI is InChI=1S/C25H26F2N2O4S2/c1-2-33-22-11-9-21(10-12-22)29(35(31,32)23-13-7-20(26)8-14-23)17-25(30)28-15-16-34-18-19-5-3-4-6-24(19)27/h3-14H,2,15-18H2,1H3,(H,28,30). The van der Waals surface area contributed by atoms with Gasteiger partial charge in [-0.25, -0.2) is 17.2 Å². The minimum atomic E-state index is -4.15. The average molecular weight is 521 g/mol. The number of carbonyl (C=O) groups excluding carboxylic acids is 1. The van der Waals surface area contributed by atoms with Crippen molar-refractivity contribution in [3.63, 3.8) is 0 Å². The van der Waals surface area contributed by atoms with Gasteiger partial charge in [0.05, 0.1) is 17.2 Å². The molecule has 0 aliphatic rings. The Bertz CT molecular complexity index is 1220. The summed E-state index contributed by atoms with van der Waals surface area (Å²) in [6.07, 6.45) is 0. The summed E-state index contributed by atoms with van der Waals surface area (Å²) in [6, 6.07) is 17.2. The van der Waals surface area contributed by atoms with Gasteiger partial charge < -0.3 is 10.1 Å². The molecular formula is C25H26F2N2O4S2. The van der Waals surface area contributed by atoms with Gasteiger partial charge in [-0.15, -0.1) is 0 Å². The number of amides is 1. The summed E-state index contributed by atoms with van der Waals surface area (Å²) in [7, 11) is -4.15. The second kappa shape index (κ2) is 12.6. The molecule has 0 aliphatic carbocycles. The highest BCUT2D eigenvalue weighted by atomic mass is 32.2. The number of halogens is 2. The zero-order valence-corrected chi connectivity index (χ0v) is 20.7. The number of benzene rings is 3. The van der Waals surface area contributed by atoms with Crippen LogP contribution in [0, 0.1) is 11.6 Å². The molecule has 0 aliphatic heterocycles. The lowest BCUT2D eigenvalue weighted by Crippen LogP contribution is -2.41. The van der Waals surface area contributed by atoms with E-state index in [1.165, 1.54) is 17.8 Å². The fraction of sp³-hybridized carbons (Fsp3) is 0.240. The molecule has 0 spiro atoms. The predicted octanol–water partition coefficient (Wildman–Crippen LogP) is 4.61. The Balaban J connectivity index is 1.67. The highest BCUT2D eigenvalue weighted by Gasteiger charge is 2.27. The number of hydrogen-bond donors (Lipinski definition) is 1. The van der Waals surface area contributed by atoms with E-state index < -0.39 is 28.3 Å². The Hall–Kier alpha value is -3.11. The van der Waals surface area contributed by atoms with Gasteiger partial charge in [0.25, 0.3) is 10.0 Å². The molecule has 0 radical (unpaired) electrons. The van der Waals surface area contributed by atoms with Crippen LogP contribution in [0.5, 0.6) is 5.75 Å². The van der Waals surface area contributed by atoms with E-state index in [1.807, 2.05) is 6.92 Å². The Labute approximate surface area is 208 Å². The van der Waals surface area contributed by atoms with Gasteiger partial charge in [0, 0.05) is 18.1 Å². The van der Waals surface area contributed by atoms with Crippen molar-refractivity contribution in [3.05, 3.63) is 90.0 Å². The lowest BCUT2D eigenvalue weighted by molar-refractivity contribution is -0.119. The van der Waals surface area contributed by atoms with E-state index >= 15 is 0 Å². The molecule has 1 amide bonds. The van der Waals surface area contributed by atoms with Crippen molar-refractivity contribution >= 4 is 33.4 Å². The summed E-state index contributed by atoms with van der Waals surface area (Å²) < 4.78 is 60.0. The van der Waals surface area contributed by atoms with Crippen LogP contribution in [0.2, 0.25) is 0 Å². The number of thioether (sulfide) groups is 1. The van der Waals surface area contributed by atoms with Gasteiger partial charge in [0.1, 0.15) is 23.9 Å². The normalized spacial score (nSPS) is 11.2. The molecule has 0 unspecified atom stereocenters. The van der Waals surface area contributed by atoms with E-state index in [1.54, 1.807) is 42.5 Å². The maximum atomic E-state index is 13.7. The van der Waals surface area contributed by atoms with E-state index in [0.29, 0.717) is 29.4 Å². The number of nitrogens with zero attached hydrogens (tertiary/aromatic N) is 1. The highest BCUT2D eigenvalue weighted by molar-refractivity contribution is 7.98. The van der Waals surface area contributed by atoms with Gasteiger partial charge in [-0.05, 0) is 67.1 Å². The number of hydrogen-bond acceptors (Lipinski definition) is 5. The number of carbonyl (C=O) groups is 1. The summed E-state index contributed by atoms with van der Waals surface area (Å²) in [5, 5.41) is 2.70. The van der Waals surface area contributed by atoms with Crippen molar-refractivity contribution < 1.29 is 26.7 Å². The zero-order valence-electron chi connectivity index (χ0n) is 19.1. The highest BCUT2D eigenvalue weighted by Crippen LogP contribution is 2.26. The van der Waals surface area contributed by atoms with Crippen LogP contribution in [-0.4, -0.2) is 39.8 Å².